The van der Waals surface area contributed by atoms with Crippen LogP contribution < -0.4 is 0 Å². The third kappa shape index (κ3) is 2.57. The minimum absolute atomic E-state index is 0.785. The number of halogens is 2. The molecule has 0 aliphatic heterocycles. The van der Waals surface area contributed by atoms with Gasteiger partial charge in [0, 0.05) is 17.1 Å². The zero-order valence-electron chi connectivity index (χ0n) is 12.7. The molecule has 0 amide bonds. The lowest BCUT2D eigenvalue weighted by Crippen LogP contribution is -1.94. The van der Waals surface area contributed by atoms with Crippen molar-refractivity contribution in [2.75, 3.05) is 0 Å². The van der Waals surface area contributed by atoms with Crippen LogP contribution in [0, 0.1) is 20.8 Å². The highest BCUT2D eigenvalue weighted by molar-refractivity contribution is 9.13. The number of hydrogen-bond donors (Lipinski definition) is 0. The second kappa shape index (κ2) is 5.91. The van der Waals surface area contributed by atoms with E-state index in [1.54, 1.807) is 11.3 Å². The number of benzene rings is 1. The van der Waals surface area contributed by atoms with Crippen LogP contribution in [0.1, 0.15) is 16.7 Å². The van der Waals surface area contributed by atoms with Gasteiger partial charge in [0.25, 0.3) is 0 Å². The van der Waals surface area contributed by atoms with Crippen LogP contribution >= 0.6 is 43.2 Å². The molecule has 6 heteroatoms. The Balaban J connectivity index is 2.18. The Bertz CT molecular complexity index is 844. The lowest BCUT2D eigenvalue weighted by molar-refractivity contribution is 0.778. The molecule has 3 aromatic rings. The standard InChI is InChI=1S/C16H15Br2N3S/c1-8-6-5-7-9(2)11(8)15-19-16(21(4)20-15)13-10(3)12(17)14(18)22-13/h5-7H,1-4H3. The number of aryl methyl sites for hydroxylation is 3. The summed E-state index contributed by atoms with van der Waals surface area (Å²) in [6, 6.07) is 6.26. The van der Waals surface area contributed by atoms with Gasteiger partial charge in [0.05, 0.1) is 8.66 Å². The summed E-state index contributed by atoms with van der Waals surface area (Å²) in [5.74, 6) is 1.68. The summed E-state index contributed by atoms with van der Waals surface area (Å²) in [7, 11) is 1.94. The number of aromatic nitrogens is 3. The lowest BCUT2D eigenvalue weighted by Gasteiger charge is -2.04. The Morgan fingerprint density at radius 3 is 2.27 bits per heavy atom. The molecule has 0 aliphatic rings. The average Bonchev–Trinajstić information content (AvgIpc) is 2.94. The molecule has 0 bridgehead atoms. The molecule has 0 saturated carbocycles. The number of thiophene rings is 1. The molecule has 0 unspecified atom stereocenters. The van der Waals surface area contributed by atoms with Gasteiger partial charge < -0.3 is 0 Å². The minimum atomic E-state index is 0.785. The van der Waals surface area contributed by atoms with Crippen LogP contribution in [-0.2, 0) is 7.05 Å². The number of hydrogen-bond acceptors (Lipinski definition) is 3. The van der Waals surface area contributed by atoms with E-state index < -0.39 is 0 Å². The SMILES string of the molecule is Cc1cccc(C)c1-c1nc(-c2sc(Br)c(Br)c2C)n(C)n1. The third-order valence-corrected chi connectivity index (χ3v) is 7.45. The summed E-state index contributed by atoms with van der Waals surface area (Å²) in [6.45, 7) is 6.29. The Morgan fingerprint density at radius 2 is 1.73 bits per heavy atom. The van der Waals surface area contributed by atoms with Gasteiger partial charge in [-0.3, -0.25) is 0 Å². The number of nitrogens with zero attached hydrogens (tertiary/aromatic N) is 3. The van der Waals surface area contributed by atoms with Gasteiger partial charge in [-0.25, -0.2) is 9.67 Å². The smallest absolute Gasteiger partial charge is 0.182 e. The van der Waals surface area contributed by atoms with Crippen LogP contribution in [0.4, 0.5) is 0 Å². The first-order valence-corrected chi connectivity index (χ1v) is 9.22. The van der Waals surface area contributed by atoms with E-state index >= 15 is 0 Å². The van der Waals surface area contributed by atoms with Gasteiger partial charge in [-0.2, -0.15) is 5.10 Å². The highest BCUT2D eigenvalue weighted by atomic mass is 79.9. The molecule has 3 nitrogen and oxygen atoms in total. The zero-order chi connectivity index (χ0) is 16.0. The fourth-order valence-corrected chi connectivity index (χ4v) is 4.83. The summed E-state index contributed by atoms with van der Waals surface area (Å²) in [5, 5.41) is 4.64. The molecule has 0 atom stereocenters. The van der Waals surface area contributed by atoms with Gasteiger partial charge >= 0.3 is 0 Å². The molecule has 0 spiro atoms. The van der Waals surface area contributed by atoms with Crippen LogP contribution in [0.2, 0.25) is 0 Å². The second-order valence-electron chi connectivity index (χ2n) is 5.29. The van der Waals surface area contributed by atoms with E-state index in [1.807, 2.05) is 11.7 Å². The van der Waals surface area contributed by atoms with Crippen LogP contribution in [0.15, 0.2) is 26.5 Å². The van der Waals surface area contributed by atoms with Crippen molar-refractivity contribution in [3.8, 4) is 22.1 Å². The van der Waals surface area contributed by atoms with Gasteiger partial charge in [-0.05, 0) is 69.3 Å². The number of rotatable bonds is 2. The molecular weight excluding hydrogens is 426 g/mol. The fourth-order valence-electron chi connectivity index (χ4n) is 2.53. The Kier molecular flexibility index (Phi) is 4.27. The molecule has 0 fully saturated rings. The van der Waals surface area contributed by atoms with Gasteiger partial charge in [0.1, 0.15) is 0 Å². The van der Waals surface area contributed by atoms with Gasteiger partial charge in [-0.1, -0.05) is 18.2 Å². The van der Waals surface area contributed by atoms with Crippen LogP contribution in [0.5, 0.6) is 0 Å². The molecule has 0 aliphatic carbocycles. The van der Waals surface area contributed by atoms with Crippen LogP contribution in [0.25, 0.3) is 22.1 Å². The summed E-state index contributed by atoms with van der Waals surface area (Å²) < 4.78 is 4.03. The predicted octanol–water partition coefficient (Wildman–Crippen LogP) is 5.66. The summed E-state index contributed by atoms with van der Waals surface area (Å²) in [4.78, 5) is 5.94. The van der Waals surface area contributed by atoms with Crippen LogP contribution in [-0.4, -0.2) is 14.8 Å². The third-order valence-electron chi connectivity index (χ3n) is 3.70. The van der Waals surface area contributed by atoms with Crippen LogP contribution in [0.3, 0.4) is 0 Å². The minimum Gasteiger partial charge on any atom is -0.248 e. The quantitative estimate of drug-likeness (QED) is 0.514. The predicted molar refractivity (Wildman–Crippen MR) is 99.4 cm³/mol. The zero-order valence-corrected chi connectivity index (χ0v) is 16.7. The normalized spacial score (nSPS) is 11.2. The maximum absolute atomic E-state index is 4.81. The molecule has 2 aromatic heterocycles. The largest absolute Gasteiger partial charge is 0.248 e. The van der Waals surface area contributed by atoms with Crippen molar-refractivity contribution in [1.29, 1.82) is 0 Å². The van der Waals surface area contributed by atoms with Crippen molar-refractivity contribution < 1.29 is 0 Å². The van der Waals surface area contributed by atoms with E-state index in [0.717, 1.165) is 30.3 Å². The van der Waals surface area contributed by atoms with E-state index in [2.05, 4.69) is 75.9 Å². The monoisotopic (exact) mass is 439 g/mol. The maximum atomic E-state index is 4.81. The Morgan fingerprint density at radius 1 is 1.09 bits per heavy atom. The Hall–Kier alpha value is -0.980. The molecule has 2 heterocycles. The van der Waals surface area contributed by atoms with Gasteiger partial charge in [0.15, 0.2) is 11.6 Å². The van der Waals surface area contributed by atoms with Crippen molar-refractivity contribution in [1.82, 2.24) is 14.8 Å². The van der Waals surface area contributed by atoms with E-state index in [9.17, 15) is 0 Å². The molecule has 1 aromatic carbocycles. The lowest BCUT2D eigenvalue weighted by atomic mass is 10.0. The molecule has 0 radical (unpaired) electrons. The van der Waals surface area contributed by atoms with Crippen molar-refractivity contribution in [3.63, 3.8) is 0 Å². The highest BCUT2D eigenvalue weighted by Crippen LogP contribution is 2.42. The summed E-state index contributed by atoms with van der Waals surface area (Å²) in [6.07, 6.45) is 0. The molecule has 3 rings (SSSR count). The molecule has 114 valence electrons. The van der Waals surface area contributed by atoms with E-state index in [4.69, 9.17) is 4.98 Å². The van der Waals surface area contributed by atoms with Gasteiger partial charge in [-0.15, -0.1) is 11.3 Å². The van der Waals surface area contributed by atoms with Crippen molar-refractivity contribution in [2.24, 2.45) is 7.05 Å². The second-order valence-corrected chi connectivity index (χ2v) is 8.42. The summed E-state index contributed by atoms with van der Waals surface area (Å²) in [5.41, 5.74) is 4.70. The fraction of sp³-hybridized carbons (Fsp3) is 0.250. The first kappa shape index (κ1) is 15.9. The average molecular weight is 441 g/mol. The van der Waals surface area contributed by atoms with Gasteiger partial charge in [0.2, 0.25) is 0 Å². The topological polar surface area (TPSA) is 30.7 Å². The van der Waals surface area contributed by atoms with E-state index in [1.165, 1.54) is 16.7 Å². The van der Waals surface area contributed by atoms with Crippen molar-refractivity contribution in [2.45, 2.75) is 20.8 Å². The first-order valence-electron chi connectivity index (χ1n) is 6.82. The summed E-state index contributed by atoms with van der Waals surface area (Å²) >= 11 is 8.85. The Labute approximate surface area is 150 Å². The van der Waals surface area contributed by atoms with Crippen molar-refractivity contribution in [3.05, 3.63) is 43.1 Å². The molecule has 22 heavy (non-hydrogen) atoms. The molecular formula is C16H15Br2N3S. The maximum Gasteiger partial charge on any atom is 0.182 e. The highest BCUT2D eigenvalue weighted by Gasteiger charge is 2.20. The van der Waals surface area contributed by atoms with Crippen molar-refractivity contribution >= 4 is 43.2 Å². The van der Waals surface area contributed by atoms with E-state index in [0.29, 0.717) is 0 Å². The molecule has 0 saturated heterocycles. The van der Waals surface area contributed by atoms with E-state index in [-0.39, 0.29) is 0 Å². The molecule has 0 N–H and O–H groups in total. The first-order chi connectivity index (χ1) is 10.4.